The SMILES string of the molecule is CC(C(N)=S)N(C)S(=O)(=O)c1ccccc1Br. The molecule has 17 heavy (non-hydrogen) atoms. The molecule has 0 aliphatic rings. The van der Waals surface area contributed by atoms with Gasteiger partial charge in [-0.05, 0) is 35.0 Å². The van der Waals surface area contributed by atoms with Crippen LogP contribution in [-0.4, -0.2) is 30.8 Å². The van der Waals surface area contributed by atoms with E-state index >= 15 is 0 Å². The molecular weight excluding hydrogens is 324 g/mol. The van der Waals surface area contributed by atoms with E-state index in [2.05, 4.69) is 15.9 Å². The van der Waals surface area contributed by atoms with Crippen LogP contribution in [0.1, 0.15) is 6.92 Å². The molecule has 1 rings (SSSR count). The molecule has 1 aromatic carbocycles. The molecular formula is C10H13BrN2O2S2. The van der Waals surface area contributed by atoms with Gasteiger partial charge in [0.15, 0.2) is 0 Å². The highest BCUT2D eigenvalue weighted by Crippen LogP contribution is 2.24. The number of halogens is 1. The van der Waals surface area contributed by atoms with Gasteiger partial charge in [-0.3, -0.25) is 0 Å². The average molecular weight is 337 g/mol. The maximum atomic E-state index is 12.3. The van der Waals surface area contributed by atoms with Crippen molar-refractivity contribution in [2.75, 3.05) is 7.05 Å². The second kappa shape index (κ2) is 5.43. The number of likely N-dealkylation sites (N-methyl/N-ethyl adjacent to an activating group) is 1. The number of sulfonamides is 1. The van der Waals surface area contributed by atoms with Crippen molar-refractivity contribution in [1.82, 2.24) is 4.31 Å². The second-order valence-electron chi connectivity index (χ2n) is 3.53. The Kier molecular flexibility index (Phi) is 4.65. The van der Waals surface area contributed by atoms with Crippen LogP contribution in [0.25, 0.3) is 0 Å². The highest BCUT2D eigenvalue weighted by molar-refractivity contribution is 9.10. The monoisotopic (exact) mass is 336 g/mol. The summed E-state index contributed by atoms with van der Waals surface area (Å²) in [5.74, 6) is 0. The van der Waals surface area contributed by atoms with Gasteiger partial charge in [0.1, 0.15) is 0 Å². The van der Waals surface area contributed by atoms with E-state index in [1.807, 2.05) is 0 Å². The second-order valence-corrected chi connectivity index (χ2v) is 6.82. The summed E-state index contributed by atoms with van der Waals surface area (Å²) in [6.45, 7) is 1.65. The Morgan fingerprint density at radius 3 is 2.47 bits per heavy atom. The van der Waals surface area contributed by atoms with E-state index in [0.29, 0.717) is 4.47 Å². The largest absolute Gasteiger partial charge is 0.392 e. The minimum Gasteiger partial charge on any atom is -0.392 e. The first-order chi connectivity index (χ1) is 7.78. The van der Waals surface area contributed by atoms with Crippen molar-refractivity contribution in [2.24, 2.45) is 5.73 Å². The Labute approximate surface area is 115 Å². The van der Waals surface area contributed by atoms with E-state index in [1.165, 1.54) is 13.1 Å². The lowest BCUT2D eigenvalue weighted by Gasteiger charge is -2.23. The van der Waals surface area contributed by atoms with Crippen molar-refractivity contribution in [2.45, 2.75) is 17.9 Å². The molecule has 0 aliphatic heterocycles. The van der Waals surface area contributed by atoms with Crippen LogP contribution in [0.5, 0.6) is 0 Å². The van der Waals surface area contributed by atoms with Gasteiger partial charge >= 0.3 is 0 Å². The lowest BCUT2D eigenvalue weighted by molar-refractivity contribution is 0.451. The van der Waals surface area contributed by atoms with Crippen molar-refractivity contribution < 1.29 is 8.42 Å². The first-order valence-electron chi connectivity index (χ1n) is 4.80. The van der Waals surface area contributed by atoms with Crippen LogP contribution in [0.15, 0.2) is 33.6 Å². The molecule has 2 N–H and O–H groups in total. The summed E-state index contributed by atoms with van der Waals surface area (Å²) >= 11 is 8.02. The van der Waals surface area contributed by atoms with Gasteiger partial charge in [0.25, 0.3) is 0 Å². The van der Waals surface area contributed by atoms with Crippen molar-refractivity contribution >= 4 is 43.2 Å². The lowest BCUT2D eigenvalue weighted by atomic mass is 10.3. The molecule has 1 atom stereocenters. The van der Waals surface area contributed by atoms with E-state index < -0.39 is 16.1 Å². The fourth-order valence-electron chi connectivity index (χ4n) is 1.20. The smallest absolute Gasteiger partial charge is 0.244 e. The molecule has 1 unspecified atom stereocenters. The number of rotatable bonds is 4. The van der Waals surface area contributed by atoms with Gasteiger partial charge in [-0.25, -0.2) is 8.42 Å². The number of nitrogens with zero attached hydrogens (tertiary/aromatic N) is 1. The molecule has 1 aromatic rings. The Bertz CT molecular complexity index is 531. The van der Waals surface area contributed by atoms with E-state index in [9.17, 15) is 8.42 Å². The predicted octanol–water partition coefficient (Wildman–Crippen LogP) is 1.74. The average Bonchev–Trinajstić information content (AvgIpc) is 2.27. The van der Waals surface area contributed by atoms with E-state index in [-0.39, 0.29) is 9.88 Å². The van der Waals surface area contributed by atoms with Gasteiger partial charge in [-0.15, -0.1) is 0 Å². The molecule has 0 aromatic heterocycles. The molecule has 0 aliphatic carbocycles. The zero-order valence-electron chi connectivity index (χ0n) is 9.42. The van der Waals surface area contributed by atoms with Crippen molar-refractivity contribution in [3.05, 3.63) is 28.7 Å². The Morgan fingerprint density at radius 1 is 1.47 bits per heavy atom. The molecule has 0 fully saturated rings. The quantitative estimate of drug-likeness (QED) is 0.850. The van der Waals surface area contributed by atoms with Crippen LogP contribution in [0.3, 0.4) is 0 Å². The summed E-state index contributed by atoms with van der Waals surface area (Å²) < 4.78 is 26.2. The first-order valence-corrected chi connectivity index (χ1v) is 7.44. The zero-order chi connectivity index (χ0) is 13.2. The summed E-state index contributed by atoms with van der Waals surface area (Å²) in [5.41, 5.74) is 5.46. The van der Waals surface area contributed by atoms with Crippen molar-refractivity contribution in [3.8, 4) is 0 Å². The molecule has 7 heteroatoms. The van der Waals surface area contributed by atoms with Crippen LogP contribution in [-0.2, 0) is 10.0 Å². The Balaban J connectivity index is 3.21. The zero-order valence-corrected chi connectivity index (χ0v) is 12.6. The summed E-state index contributed by atoms with van der Waals surface area (Å²) in [5, 5.41) is 0. The Morgan fingerprint density at radius 2 is 2.00 bits per heavy atom. The summed E-state index contributed by atoms with van der Waals surface area (Å²) in [6, 6.07) is 6.09. The predicted molar refractivity (Wildman–Crippen MR) is 75.3 cm³/mol. The topological polar surface area (TPSA) is 63.4 Å². The minimum atomic E-state index is -3.59. The summed E-state index contributed by atoms with van der Waals surface area (Å²) in [7, 11) is -2.14. The molecule has 0 radical (unpaired) electrons. The summed E-state index contributed by atoms with van der Waals surface area (Å²) in [4.78, 5) is 0.341. The maximum Gasteiger partial charge on any atom is 0.244 e. The molecule has 0 saturated carbocycles. The summed E-state index contributed by atoms with van der Waals surface area (Å²) in [6.07, 6.45) is 0. The standard InChI is InChI=1S/C10H13BrN2O2S2/c1-7(10(12)16)13(2)17(14,15)9-6-4-3-5-8(9)11/h3-7H,1-2H3,(H2,12,16). The van der Waals surface area contributed by atoms with E-state index in [4.69, 9.17) is 18.0 Å². The molecule has 0 spiro atoms. The number of thiocarbonyl (C=S) groups is 1. The molecule has 0 amide bonds. The third kappa shape index (κ3) is 3.04. The number of hydrogen-bond acceptors (Lipinski definition) is 3. The maximum absolute atomic E-state index is 12.3. The van der Waals surface area contributed by atoms with Crippen molar-refractivity contribution in [1.29, 1.82) is 0 Å². The minimum absolute atomic E-state index is 0.142. The normalized spacial score (nSPS) is 13.6. The van der Waals surface area contributed by atoms with Gasteiger partial charge in [0, 0.05) is 11.5 Å². The van der Waals surface area contributed by atoms with Crippen LogP contribution in [0.2, 0.25) is 0 Å². The third-order valence-corrected chi connectivity index (χ3v) is 5.73. The Hall–Kier alpha value is -0.500. The van der Waals surface area contributed by atoms with Crippen LogP contribution >= 0.6 is 28.1 Å². The fourth-order valence-corrected chi connectivity index (χ4v) is 3.72. The van der Waals surface area contributed by atoms with E-state index in [1.54, 1.807) is 25.1 Å². The van der Waals surface area contributed by atoms with Gasteiger partial charge < -0.3 is 5.73 Å². The van der Waals surface area contributed by atoms with Gasteiger partial charge in [-0.2, -0.15) is 4.31 Å². The molecule has 0 bridgehead atoms. The van der Waals surface area contributed by atoms with Crippen LogP contribution < -0.4 is 5.73 Å². The molecule has 4 nitrogen and oxygen atoms in total. The fraction of sp³-hybridized carbons (Fsp3) is 0.300. The number of hydrogen-bond donors (Lipinski definition) is 1. The highest BCUT2D eigenvalue weighted by Gasteiger charge is 2.28. The van der Waals surface area contributed by atoms with Crippen LogP contribution in [0, 0.1) is 0 Å². The number of nitrogens with two attached hydrogens (primary N) is 1. The van der Waals surface area contributed by atoms with E-state index in [0.717, 1.165) is 4.31 Å². The number of benzene rings is 1. The van der Waals surface area contributed by atoms with Crippen molar-refractivity contribution in [3.63, 3.8) is 0 Å². The van der Waals surface area contributed by atoms with Gasteiger partial charge in [0.05, 0.1) is 15.9 Å². The molecule has 94 valence electrons. The first kappa shape index (κ1) is 14.6. The lowest BCUT2D eigenvalue weighted by Crippen LogP contribution is -2.42. The molecule has 0 heterocycles. The highest BCUT2D eigenvalue weighted by atomic mass is 79.9. The van der Waals surface area contributed by atoms with Crippen LogP contribution in [0.4, 0.5) is 0 Å². The van der Waals surface area contributed by atoms with Gasteiger partial charge in [0.2, 0.25) is 10.0 Å². The van der Waals surface area contributed by atoms with Gasteiger partial charge in [-0.1, -0.05) is 24.4 Å². The molecule has 0 saturated heterocycles. The third-order valence-electron chi connectivity index (χ3n) is 2.45.